The standard InChI is InChI=1S/C15H30O2/c1-4-7-9-11-15(16)17-13-12-14(6-3)10-8-5-2/h14H,4-13H2,1-3H3. The summed E-state index contributed by atoms with van der Waals surface area (Å²) in [5.41, 5.74) is 0. The first kappa shape index (κ1) is 16.5. The van der Waals surface area contributed by atoms with Crippen LogP contribution in [0.3, 0.4) is 0 Å². The maximum Gasteiger partial charge on any atom is 0.305 e. The van der Waals surface area contributed by atoms with Crippen molar-refractivity contribution in [3.05, 3.63) is 0 Å². The molecule has 2 nitrogen and oxygen atoms in total. The second-order valence-electron chi connectivity index (χ2n) is 4.88. The lowest BCUT2D eigenvalue weighted by molar-refractivity contribution is -0.144. The minimum Gasteiger partial charge on any atom is -0.466 e. The molecule has 0 saturated carbocycles. The topological polar surface area (TPSA) is 26.3 Å². The van der Waals surface area contributed by atoms with Crippen LogP contribution in [0.15, 0.2) is 0 Å². The zero-order valence-electron chi connectivity index (χ0n) is 12.0. The summed E-state index contributed by atoms with van der Waals surface area (Å²) >= 11 is 0. The minimum absolute atomic E-state index is 0.0104. The van der Waals surface area contributed by atoms with Crippen molar-refractivity contribution in [2.75, 3.05) is 6.61 Å². The molecule has 0 radical (unpaired) electrons. The quantitative estimate of drug-likeness (QED) is 0.387. The van der Waals surface area contributed by atoms with Crippen LogP contribution in [0.4, 0.5) is 0 Å². The number of hydrogen-bond donors (Lipinski definition) is 0. The average molecular weight is 242 g/mol. The van der Waals surface area contributed by atoms with Gasteiger partial charge in [0.15, 0.2) is 0 Å². The molecule has 0 fully saturated rings. The van der Waals surface area contributed by atoms with E-state index in [4.69, 9.17) is 4.74 Å². The van der Waals surface area contributed by atoms with E-state index in [1.54, 1.807) is 0 Å². The molecule has 0 aromatic heterocycles. The van der Waals surface area contributed by atoms with Gasteiger partial charge in [-0.1, -0.05) is 59.3 Å². The molecule has 102 valence electrons. The Hall–Kier alpha value is -0.530. The van der Waals surface area contributed by atoms with Crippen LogP contribution in [0.25, 0.3) is 0 Å². The van der Waals surface area contributed by atoms with E-state index in [1.807, 2.05) is 0 Å². The highest BCUT2D eigenvalue weighted by atomic mass is 16.5. The van der Waals surface area contributed by atoms with Gasteiger partial charge < -0.3 is 4.74 Å². The van der Waals surface area contributed by atoms with Gasteiger partial charge in [-0.05, 0) is 18.8 Å². The molecule has 0 aliphatic carbocycles. The van der Waals surface area contributed by atoms with Crippen molar-refractivity contribution < 1.29 is 9.53 Å². The lowest BCUT2D eigenvalue weighted by Gasteiger charge is -2.14. The van der Waals surface area contributed by atoms with E-state index in [0.29, 0.717) is 13.0 Å². The van der Waals surface area contributed by atoms with Crippen molar-refractivity contribution in [3.8, 4) is 0 Å². The second-order valence-corrected chi connectivity index (χ2v) is 4.88. The predicted octanol–water partition coefficient (Wildman–Crippen LogP) is 4.72. The van der Waals surface area contributed by atoms with Gasteiger partial charge in [0.05, 0.1) is 6.61 Å². The van der Waals surface area contributed by atoms with E-state index in [0.717, 1.165) is 31.6 Å². The SMILES string of the molecule is CCCCCC(=O)OCCC(CC)CCCC. The second kappa shape index (κ2) is 11.9. The van der Waals surface area contributed by atoms with E-state index >= 15 is 0 Å². The third-order valence-electron chi connectivity index (χ3n) is 3.32. The lowest BCUT2D eigenvalue weighted by atomic mass is 9.96. The molecule has 0 spiro atoms. The van der Waals surface area contributed by atoms with Crippen molar-refractivity contribution >= 4 is 5.97 Å². The highest BCUT2D eigenvalue weighted by Crippen LogP contribution is 2.16. The maximum atomic E-state index is 11.4. The van der Waals surface area contributed by atoms with Gasteiger partial charge in [-0.25, -0.2) is 0 Å². The molecule has 0 aliphatic heterocycles. The molecule has 0 aromatic rings. The van der Waals surface area contributed by atoms with Crippen LogP contribution in [-0.2, 0) is 9.53 Å². The van der Waals surface area contributed by atoms with E-state index < -0.39 is 0 Å². The number of esters is 1. The number of carbonyl (C=O) groups excluding carboxylic acids is 1. The molecule has 1 unspecified atom stereocenters. The Morgan fingerprint density at radius 1 is 1.00 bits per heavy atom. The summed E-state index contributed by atoms with van der Waals surface area (Å²) in [4.78, 5) is 11.4. The Bertz CT molecular complexity index is 178. The fourth-order valence-electron chi connectivity index (χ4n) is 1.98. The third-order valence-corrected chi connectivity index (χ3v) is 3.32. The minimum atomic E-state index is -0.0104. The zero-order chi connectivity index (χ0) is 12.9. The van der Waals surface area contributed by atoms with E-state index in [9.17, 15) is 4.79 Å². The number of unbranched alkanes of at least 4 members (excludes halogenated alkanes) is 3. The Kier molecular flexibility index (Phi) is 11.6. The fourth-order valence-corrected chi connectivity index (χ4v) is 1.98. The van der Waals surface area contributed by atoms with Crippen molar-refractivity contribution in [2.45, 2.75) is 78.6 Å². The summed E-state index contributed by atoms with van der Waals surface area (Å²) in [6, 6.07) is 0. The van der Waals surface area contributed by atoms with Crippen LogP contribution < -0.4 is 0 Å². The average Bonchev–Trinajstić information content (AvgIpc) is 2.34. The molecule has 0 aromatic carbocycles. The summed E-state index contributed by atoms with van der Waals surface area (Å²) in [7, 11) is 0. The van der Waals surface area contributed by atoms with Gasteiger partial charge in [-0.15, -0.1) is 0 Å². The summed E-state index contributed by atoms with van der Waals surface area (Å²) in [5.74, 6) is 0.724. The number of carbonyl (C=O) groups is 1. The molecular weight excluding hydrogens is 212 g/mol. The van der Waals surface area contributed by atoms with Gasteiger partial charge in [-0.2, -0.15) is 0 Å². The molecule has 0 aliphatic rings. The van der Waals surface area contributed by atoms with Gasteiger partial charge in [0.1, 0.15) is 0 Å². The highest BCUT2D eigenvalue weighted by molar-refractivity contribution is 5.69. The molecule has 1 atom stereocenters. The maximum absolute atomic E-state index is 11.4. The summed E-state index contributed by atoms with van der Waals surface area (Å²) in [6.45, 7) is 7.21. The lowest BCUT2D eigenvalue weighted by Crippen LogP contribution is -2.09. The van der Waals surface area contributed by atoms with Crippen LogP contribution in [0.1, 0.15) is 78.6 Å². The summed E-state index contributed by atoms with van der Waals surface area (Å²) in [5, 5.41) is 0. The van der Waals surface area contributed by atoms with E-state index in [1.165, 1.54) is 25.7 Å². The van der Waals surface area contributed by atoms with Gasteiger partial charge >= 0.3 is 5.97 Å². The Morgan fingerprint density at radius 3 is 2.29 bits per heavy atom. The number of rotatable bonds is 11. The smallest absolute Gasteiger partial charge is 0.305 e. The molecule has 0 heterocycles. The van der Waals surface area contributed by atoms with Crippen molar-refractivity contribution in [2.24, 2.45) is 5.92 Å². The van der Waals surface area contributed by atoms with Gasteiger partial charge in [-0.3, -0.25) is 4.79 Å². The van der Waals surface area contributed by atoms with Crippen LogP contribution in [-0.4, -0.2) is 12.6 Å². The molecule has 0 saturated heterocycles. The zero-order valence-corrected chi connectivity index (χ0v) is 12.0. The van der Waals surface area contributed by atoms with Gasteiger partial charge in [0, 0.05) is 6.42 Å². The molecule has 0 N–H and O–H groups in total. The van der Waals surface area contributed by atoms with Crippen LogP contribution >= 0.6 is 0 Å². The normalized spacial score (nSPS) is 12.4. The number of ether oxygens (including phenoxy) is 1. The van der Waals surface area contributed by atoms with Crippen LogP contribution in [0.5, 0.6) is 0 Å². The molecule has 0 amide bonds. The largest absolute Gasteiger partial charge is 0.466 e. The summed E-state index contributed by atoms with van der Waals surface area (Å²) in [6.07, 6.45) is 9.92. The Labute approximate surface area is 107 Å². The molecular formula is C15H30O2. The predicted molar refractivity (Wildman–Crippen MR) is 73.0 cm³/mol. The van der Waals surface area contributed by atoms with Gasteiger partial charge in [0.2, 0.25) is 0 Å². The van der Waals surface area contributed by atoms with Crippen LogP contribution in [0, 0.1) is 5.92 Å². The first-order valence-corrected chi connectivity index (χ1v) is 7.40. The monoisotopic (exact) mass is 242 g/mol. The first-order chi connectivity index (χ1) is 8.24. The molecule has 2 heteroatoms. The Balaban J connectivity index is 3.48. The summed E-state index contributed by atoms with van der Waals surface area (Å²) < 4.78 is 5.26. The van der Waals surface area contributed by atoms with E-state index in [2.05, 4.69) is 20.8 Å². The molecule has 0 bridgehead atoms. The highest BCUT2D eigenvalue weighted by Gasteiger charge is 2.07. The van der Waals surface area contributed by atoms with Crippen molar-refractivity contribution in [3.63, 3.8) is 0 Å². The molecule has 17 heavy (non-hydrogen) atoms. The van der Waals surface area contributed by atoms with E-state index in [-0.39, 0.29) is 5.97 Å². The van der Waals surface area contributed by atoms with Crippen molar-refractivity contribution in [1.82, 2.24) is 0 Å². The fraction of sp³-hybridized carbons (Fsp3) is 0.933. The number of hydrogen-bond acceptors (Lipinski definition) is 2. The Morgan fingerprint density at radius 2 is 1.71 bits per heavy atom. The van der Waals surface area contributed by atoms with Gasteiger partial charge in [0.25, 0.3) is 0 Å². The first-order valence-electron chi connectivity index (χ1n) is 7.40. The third kappa shape index (κ3) is 10.3. The van der Waals surface area contributed by atoms with Crippen molar-refractivity contribution in [1.29, 1.82) is 0 Å². The molecule has 0 rings (SSSR count). The van der Waals surface area contributed by atoms with Crippen LogP contribution in [0.2, 0.25) is 0 Å².